The van der Waals surface area contributed by atoms with Gasteiger partial charge in [0.2, 0.25) is 0 Å². The minimum Gasteiger partial charge on any atom is -0.478 e. The second-order valence-corrected chi connectivity index (χ2v) is 8.63. The third-order valence-corrected chi connectivity index (χ3v) is 6.56. The summed E-state index contributed by atoms with van der Waals surface area (Å²) in [4.78, 5) is 12.2. The van der Waals surface area contributed by atoms with E-state index in [1.165, 1.54) is 27.6 Å². The molecule has 4 heteroatoms. The van der Waals surface area contributed by atoms with Crippen molar-refractivity contribution in [1.82, 2.24) is 4.57 Å². The zero-order chi connectivity index (χ0) is 21.9. The maximum atomic E-state index is 11.2. The number of carboxylic acid groups (broad SMARTS) is 1. The van der Waals surface area contributed by atoms with Crippen LogP contribution in [0.2, 0.25) is 0 Å². The Hall–Kier alpha value is -3.76. The maximum Gasteiger partial charge on any atom is 0.335 e. The van der Waals surface area contributed by atoms with E-state index >= 15 is 0 Å². The summed E-state index contributed by atoms with van der Waals surface area (Å²) < 4.78 is 2.22. The number of nitrogens with zero attached hydrogens (tertiary/aromatic N) is 1. The molecular weight excluding hydrogens is 414 g/mol. The lowest BCUT2D eigenvalue weighted by Crippen LogP contribution is -1.95. The van der Waals surface area contributed by atoms with Gasteiger partial charge in [0.25, 0.3) is 0 Å². The van der Waals surface area contributed by atoms with Crippen LogP contribution in [0.15, 0.2) is 114 Å². The number of benzene rings is 4. The van der Waals surface area contributed by atoms with Gasteiger partial charge in [0.15, 0.2) is 0 Å². The van der Waals surface area contributed by atoms with Gasteiger partial charge in [-0.05, 0) is 59.2 Å². The molecule has 0 saturated heterocycles. The van der Waals surface area contributed by atoms with Crippen LogP contribution in [0.1, 0.15) is 15.9 Å². The Labute approximate surface area is 191 Å². The molecule has 0 aliphatic rings. The van der Waals surface area contributed by atoms with E-state index in [0.29, 0.717) is 5.56 Å². The molecule has 0 saturated carbocycles. The highest BCUT2D eigenvalue weighted by Gasteiger charge is 2.09. The third-order valence-electron chi connectivity index (χ3n) is 5.49. The first-order valence-corrected chi connectivity index (χ1v) is 11.4. The number of aromatic carboxylic acids is 1. The van der Waals surface area contributed by atoms with Gasteiger partial charge in [0, 0.05) is 27.9 Å². The molecule has 3 nitrogen and oxygen atoms in total. The number of carboxylic acids is 1. The Kier molecular flexibility index (Phi) is 5.53. The molecule has 156 valence electrons. The topological polar surface area (TPSA) is 42.2 Å². The SMILES string of the molecule is O=C(O)c1cccc(SCc2cccc(-n3ccc4c(-c5ccccc5)cccc43)c2)c1. The quantitative estimate of drug-likeness (QED) is 0.285. The van der Waals surface area contributed by atoms with Crippen LogP contribution < -0.4 is 0 Å². The largest absolute Gasteiger partial charge is 0.478 e. The second kappa shape index (κ2) is 8.77. The molecule has 0 aliphatic carbocycles. The molecule has 0 fully saturated rings. The summed E-state index contributed by atoms with van der Waals surface area (Å²) in [5, 5.41) is 10.4. The van der Waals surface area contributed by atoms with E-state index in [1.807, 2.05) is 12.1 Å². The third kappa shape index (κ3) is 4.05. The van der Waals surface area contributed by atoms with Crippen LogP contribution in [0.3, 0.4) is 0 Å². The molecule has 5 rings (SSSR count). The van der Waals surface area contributed by atoms with E-state index in [-0.39, 0.29) is 0 Å². The number of carbonyl (C=O) groups is 1. The first-order chi connectivity index (χ1) is 15.7. The maximum absolute atomic E-state index is 11.2. The van der Waals surface area contributed by atoms with Crippen LogP contribution >= 0.6 is 11.8 Å². The summed E-state index contributed by atoms with van der Waals surface area (Å²) in [5.41, 5.74) is 6.23. The smallest absolute Gasteiger partial charge is 0.335 e. The van der Waals surface area contributed by atoms with Crippen molar-refractivity contribution in [2.75, 3.05) is 0 Å². The van der Waals surface area contributed by atoms with E-state index < -0.39 is 5.97 Å². The molecule has 0 aliphatic heterocycles. The number of rotatable bonds is 6. The van der Waals surface area contributed by atoms with Crippen molar-refractivity contribution < 1.29 is 9.90 Å². The van der Waals surface area contributed by atoms with Crippen LogP contribution in [-0.2, 0) is 5.75 Å². The van der Waals surface area contributed by atoms with Gasteiger partial charge < -0.3 is 9.67 Å². The van der Waals surface area contributed by atoms with Crippen molar-refractivity contribution in [3.63, 3.8) is 0 Å². The van der Waals surface area contributed by atoms with E-state index in [4.69, 9.17) is 0 Å². The summed E-state index contributed by atoms with van der Waals surface area (Å²) in [5.74, 6) is -0.130. The summed E-state index contributed by atoms with van der Waals surface area (Å²) in [6.45, 7) is 0. The minimum atomic E-state index is -0.899. The van der Waals surface area contributed by atoms with Crippen molar-refractivity contribution in [1.29, 1.82) is 0 Å². The van der Waals surface area contributed by atoms with Gasteiger partial charge in [0.1, 0.15) is 0 Å². The van der Waals surface area contributed by atoms with E-state index in [9.17, 15) is 9.90 Å². The predicted octanol–water partition coefficient (Wildman–Crippen LogP) is 7.29. The lowest BCUT2D eigenvalue weighted by Gasteiger charge is -2.10. The van der Waals surface area contributed by atoms with E-state index in [0.717, 1.165) is 16.3 Å². The normalized spacial score (nSPS) is 11.0. The molecule has 1 N–H and O–H groups in total. The highest BCUT2D eigenvalue weighted by Crippen LogP contribution is 2.31. The Balaban J connectivity index is 1.43. The lowest BCUT2D eigenvalue weighted by atomic mass is 10.0. The summed E-state index contributed by atoms with van der Waals surface area (Å²) in [6.07, 6.45) is 2.12. The summed E-state index contributed by atoms with van der Waals surface area (Å²) in [6, 6.07) is 34.6. The number of hydrogen-bond acceptors (Lipinski definition) is 2. The zero-order valence-corrected chi connectivity index (χ0v) is 18.1. The average molecular weight is 436 g/mol. The number of fused-ring (bicyclic) bond motifs is 1. The molecule has 0 atom stereocenters. The molecule has 1 aromatic heterocycles. The Morgan fingerprint density at radius 3 is 2.47 bits per heavy atom. The van der Waals surface area contributed by atoms with Crippen LogP contribution in [0, 0.1) is 0 Å². The van der Waals surface area contributed by atoms with Gasteiger partial charge in [-0.3, -0.25) is 0 Å². The van der Waals surface area contributed by atoms with Gasteiger partial charge in [-0.25, -0.2) is 4.79 Å². The fraction of sp³-hybridized carbons (Fsp3) is 0.0357. The highest BCUT2D eigenvalue weighted by atomic mass is 32.2. The lowest BCUT2D eigenvalue weighted by molar-refractivity contribution is 0.0696. The standard InChI is InChI=1S/C28H21NO2S/c30-28(31)22-10-5-12-24(18-22)32-19-20-7-4-11-23(17-20)29-16-15-26-25(13-6-14-27(26)29)21-8-2-1-3-9-21/h1-18H,19H2,(H,30,31). The summed E-state index contributed by atoms with van der Waals surface area (Å²) in [7, 11) is 0. The fourth-order valence-corrected chi connectivity index (χ4v) is 4.84. The highest BCUT2D eigenvalue weighted by molar-refractivity contribution is 7.98. The van der Waals surface area contributed by atoms with Crippen molar-refractivity contribution in [2.24, 2.45) is 0 Å². The van der Waals surface area contributed by atoms with Crippen LogP contribution in [0.25, 0.3) is 27.7 Å². The molecule has 0 radical (unpaired) electrons. The average Bonchev–Trinajstić information content (AvgIpc) is 3.28. The molecule has 0 bridgehead atoms. The predicted molar refractivity (Wildman–Crippen MR) is 132 cm³/mol. The Bertz CT molecular complexity index is 1410. The fourth-order valence-electron chi connectivity index (χ4n) is 3.94. The molecule has 4 aromatic carbocycles. The van der Waals surface area contributed by atoms with Crippen molar-refractivity contribution in [3.05, 3.63) is 120 Å². The van der Waals surface area contributed by atoms with Gasteiger partial charge in [-0.15, -0.1) is 11.8 Å². The Morgan fingerprint density at radius 1 is 0.812 bits per heavy atom. The first kappa shape index (κ1) is 20.2. The van der Waals surface area contributed by atoms with E-state index in [1.54, 1.807) is 30.0 Å². The molecule has 32 heavy (non-hydrogen) atoms. The van der Waals surface area contributed by atoms with Gasteiger partial charge in [0.05, 0.1) is 11.1 Å². The number of hydrogen-bond donors (Lipinski definition) is 1. The molecule has 0 amide bonds. The second-order valence-electron chi connectivity index (χ2n) is 7.58. The summed E-state index contributed by atoms with van der Waals surface area (Å²) >= 11 is 1.64. The molecular formula is C28H21NO2S. The van der Waals surface area contributed by atoms with Crippen LogP contribution in [-0.4, -0.2) is 15.6 Å². The van der Waals surface area contributed by atoms with Gasteiger partial charge in [-0.1, -0.05) is 60.7 Å². The molecule has 0 unspecified atom stereocenters. The Morgan fingerprint density at radius 2 is 1.62 bits per heavy atom. The molecule has 5 aromatic rings. The number of aromatic nitrogens is 1. The van der Waals surface area contributed by atoms with Gasteiger partial charge in [-0.2, -0.15) is 0 Å². The van der Waals surface area contributed by atoms with Crippen molar-refractivity contribution in [3.8, 4) is 16.8 Å². The van der Waals surface area contributed by atoms with Crippen molar-refractivity contribution in [2.45, 2.75) is 10.6 Å². The minimum absolute atomic E-state index is 0.316. The van der Waals surface area contributed by atoms with Crippen molar-refractivity contribution >= 4 is 28.6 Å². The molecule has 1 heterocycles. The molecule has 0 spiro atoms. The first-order valence-electron chi connectivity index (χ1n) is 10.4. The van der Waals surface area contributed by atoms with Crippen LogP contribution in [0.5, 0.6) is 0 Å². The van der Waals surface area contributed by atoms with Gasteiger partial charge >= 0.3 is 5.97 Å². The monoisotopic (exact) mass is 435 g/mol. The number of thioether (sulfide) groups is 1. The van der Waals surface area contributed by atoms with E-state index in [2.05, 4.69) is 83.6 Å². The zero-order valence-electron chi connectivity index (χ0n) is 17.3. The van der Waals surface area contributed by atoms with Crippen LogP contribution in [0.4, 0.5) is 0 Å².